The van der Waals surface area contributed by atoms with Crippen LogP contribution >= 0.6 is 0 Å². The highest BCUT2D eigenvalue weighted by Gasteiger charge is 2.43. The Morgan fingerprint density at radius 1 is 0.963 bits per heavy atom. The maximum Gasteiger partial charge on any atom is 0.321 e. The van der Waals surface area contributed by atoms with E-state index in [2.05, 4.69) is 0 Å². The normalized spacial score (nSPS) is 12.6. The van der Waals surface area contributed by atoms with Crippen molar-refractivity contribution in [3.05, 3.63) is 35.9 Å². The SMILES string of the molecule is COC(=O)C(C(=O)OC)[C@H](CN(C)Cc1ccccc1)C(=O)OC(C)(C)C. The maximum atomic E-state index is 12.8. The van der Waals surface area contributed by atoms with Crippen LogP contribution in [0.25, 0.3) is 0 Å². The van der Waals surface area contributed by atoms with Crippen LogP contribution < -0.4 is 0 Å². The van der Waals surface area contributed by atoms with Crippen LogP contribution in [0.2, 0.25) is 0 Å². The smallest absolute Gasteiger partial charge is 0.321 e. The zero-order valence-corrected chi connectivity index (χ0v) is 16.9. The van der Waals surface area contributed by atoms with E-state index in [1.54, 1.807) is 27.8 Å². The molecule has 0 fully saturated rings. The summed E-state index contributed by atoms with van der Waals surface area (Å²) in [7, 11) is 4.13. The summed E-state index contributed by atoms with van der Waals surface area (Å²) in [6.45, 7) is 5.83. The van der Waals surface area contributed by atoms with Crippen LogP contribution in [0, 0.1) is 11.8 Å². The quantitative estimate of drug-likeness (QED) is 0.388. The number of ether oxygens (including phenoxy) is 3. The second-order valence-electron chi connectivity index (χ2n) is 7.35. The number of nitrogens with zero attached hydrogens (tertiary/aromatic N) is 1. The molecule has 1 aromatic carbocycles. The van der Waals surface area contributed by atoms with Crippen molar-refractivity contribution in [3.8, 4) is 0 Å². The molecule has 0 amide bonds. The lowest BCUT2D eigenvalue weighted by Gasteiger charge is -2.29. The number of hydrogen-bond donors (Lipinski definition) is 0. The fourth-order valence-electron chi connectivity index (χ4n) is 2.67. The zero-order chi connectivity index (χ0) is 20.6. The molecule has 7 nitrogen and oxygen atoms in total. The van der Waals surface area contributed by atoms with Crippen molar-refractivity contribution < 1.29 is 28.6 Å². The van der Waals surface area contributed by atoms with E-state index in [4.69, 9.17) is 14.2 Å². The van der Waals surface area contributed by atoms with Crippen LogP contribution in [0.3, 0.4) is 0 Å². The molecule has 27 heavy (non-hydrogen) atoms. The van der Waals surface area contributed by atoms with Crippen molar-refractivity contribution in [2.24, 2.45) is 11.8 Å². The molecule has 0 saturated carbocycles. The first-order chi connectivity index (χ1) is 12.6. The third-order valence-electron chi connectivity index (χ3n) is 3.83. The van der Waals surface area contributed by atoms with Crippen molar-refractivity contribution in [1.82, 2.24) is 4.90 Å². The monoisotopic (exact) mass is 379 g/mol. The van der Waals surface area contributed by atoms with Gasteiger partial charge in [-0.25, -0.2) is 0 Å². The summed E-state index contributed by atoms with van der Waals surface area (Å²) in [4.78, 5) is 39.0. The summed E-state index contributed by atoms with van der Waals surface area (Å²) >= 11 is 0. The standard InChI is InChI=1S/C20H29NO6/c1-20(2,3)27-17(22)15(16(18(23)25-5)19(24)26-6)13-21(4)12-14-10-8-7-9-11-14/h7-11,15-16H,12-13H2,1-6H3/t15-/m0/s1. The van der Waals surface area contributed by atoms with Gasteiger partial charge in [0.25, 0.3) is 0 Å². The molecule has 0 unspecified atom stereocenters. The second-order valence-corrected chi connectivity index (χ2v) is 7.35. The fourth-order valence-corrected chi connectivity index (χ4v) is 2.67. The maximum absolute atomic E-state index is 12.8. The fraction of sp³-hybridized carbons (Fsp3) is 0.550. The van der Waals surface area contributed by atoms with E-state index < -0.39 is 35.3 Å². The van der Waals surface area contributed by atoms with E-state index in [1.165, 1.54) is 0 Å². The van der Waals surface area contributed by atoms with Gasteiger partial charge in [-0.1, -0.05) is 30.3 Å². The van der Waals surface area contributed by atoms with Crippen LogP contribution in [0.4, 0.5) is 0 Å². The highest BCUT2D eigenvalue weighted by molar-refractivity contribution is 5.99. The van der Waals surface area contributed by atoms with Gasteiger partial charge in [-0.3, -0.25) is 14.4 Å². The summed E-state index contributed by atoms with van der Waals surface area (Å²) < 4.78 is 14.9. The van der Waals surface area contributed by atoms with Gasteiger partial charge in [-0.15, -0.1) is 0 Å². The first kappa shape index (κ1) is 22.6. The van der Waals surface area contributed by atoms with Crippen LogP contribution in [0.15, 0.2) is 30.3 Å². The molecule has 7 heteroatoms. The molecule has 0 bridgehead atoms. The molecule has 0 saturated heterocycles. The first-order valence-electron chi connectivity index (χ1n) is 8.70. The van der Waals surface area contributed by atoms with Crippen molar-refractivity contribution in [2.45, 2.75) is 32.9 Å². The van der Waals surface area contributed by atoms with Crippen LogP contribution in [0.1, 0.15) is 26.3 Å². The number of carbonyl (C=O) groups is 3. The number of methoxy groups -OCH3 is 2. The second kappa shape index (κ2) is 10.1. The lowest BCUT2D eigenvalue weighted by Crippen LogP contribution is -2.45. The summed E-state index contributed by atoms with van der Waals surface area (Å²) in [6, 6.07) is 9.66. The predicted molar refractivity (Wildman–Crippen MR) is 99.6 cm³/mol. The average Bonchev–Trinajstić information content (AvgIpc) is 2.59. The van der Waals surface area contributed by atoms with E-state index in [0.717, 1.165) is 19.8 Å². The van der Waals surface area contributed by atoms with Gasteiger partial charge in [-0.05, 0) is 33.4 Å². The van der Waals surface area contributed by atoms with E-state index in [1.807, 2.05) is 35.2 Å². The van der Waals surface area contributed by atoms with Gasteiger partial charge in [0.05, 0.1) is 20.1 Å². The van der Waals surface area contributed by atoms with E-state index in [9.17, 15) is 14.4 Å². The van der Waals surface area contributed by atoms with Gasteiger partial charge in [0, 0.05) is 13.1 Å². The molecular weight excluding hydrogens is 350 g/mol. The molecule has 1 rings (SSSR count). The minimum atomic E-state index is -1.40. The van der Waals surface area contributed by atoms with Gasteiger partial charge in [0.1, 0.15) is 5.60 Å². The van der Waals surface area contributed by atoms with Gasteiger partial charge in [-0.2, -0.15) is 0 Å². The molecule has 150 valence electrons. The minimum absolute atomic E-state index is 0.124. The predicted octanol–water partition coefficient (Wildman–Crippen LogP) is 2.04. The Morgan fingerprint density at radius 2 is 1.48 bits per heavy atom. The third kappa shape index (κ3) is 7.38. The van der Waals surface area contributed by atoms with Crippen LogP contribution in [-0.2, 0) is 35.1 Å². The van der Waals surface area contributed by atoms with Crippen LogP contribution in [0.5, 0.6) is 0 Å². The van der Waals surface area contributed by atoms with Crippen molar-refractivity contribution in [3.63, 3.8) is 0 Å². The lowest BCUT2D eigenvalue weighted by atomic mass is 9.91. The third-order valence-corrected chi connectivity index (χ3v) is 3.83. The Bertz CT molecular complexity index is 622. The summed E-state index contributed by atoms with van der Waals surface area (Å²) in [5.74, 6) is -4.76. The highest BCUT2D eigenvalue weighted by atomic mass is 16.6. The number of carbonyl (C=O) groups excluding carboxylic acids is 3. The topological polar surface area (TPSA) is 82.1 Å². The Balaban J connectivity index is 3.09. The molecule has 1 atom stereocenters. The molecule has 0 aliphatic heterocycles. The van der Waals surface area contributed by atoms with Crippen molar-refractivity contribution in [1.29, 1.82) is 0 Å². The number of benzene rings is 1. The number of hydrogen-bond acceptors (Lipinski definition) is 7. The highest BCUT2D eigenvalue weighted by Crippen LogP contribution is 2.22. The molecule has 0 aliphatic rings. The van der Waals surface area contributed by atoms with Crippen molar-refractivity contribution in [2.75, 3.05) is 27.8 Å². The number of esters is 3. The van der Waals surface area contributed by atoms with Crippen LogP contribution in [-0.4, -0.2) is 56.2 Å². The summed E-state index contributed by atoms with van der Waals surface area (Å²) in [5, 5.41) is 0. The number of rotatable bonds is 8. The minimum Gasteiger partial charge on any atom is -0.468 e. The summed E-state index contributed by atoms with van der Waals surface area (Å²) in [6.07, 6.45) is 0. The molecule has 0 N–H and O–H groups in total. The van der Waals surface area contributed by atoms with Crippen molar-refractivity contribution >= 4 is 17.9 Å². The largest absolute Gasteiger partial charge is 0.468 e. The lowest BCUT2D eigenvalue weighted by molar-refractivity contribution is -0.175. The molecule has 0 aliphatic carbocycles. The van der Waals surface area contributed by atoms with Gasteiger partial charge in [0.15, 0.2) is 5.92 Å². The average molecular weight is 379 g/mol. The molecule has 0 aromatic heterocycles. The molecule has 0 radical (unpaired) electrons. The van der Waals surface area contributed by atoms with Gasteiger partial charge >= 0.3 is 17.9 Å². The Hall–Kier alpha value is -2.41. The van der Waals surface area contributed by atoms with E-state index in [0.29, 0.717) is 6.54 Å². The first-order valence-corrected chi connectivity index (χ1v) is 8.70. The van der Waals surface area contributed by atoms with Gasteiger partial charge < -0.3 is 19.1 Å². The summed E-state index contributed by atoms with van der Waals surface area (Å²) in [5.41, 5.74) is 0.278. The Kier molecular flexibility index (Phi) is 8.43. The van der Waals surface area contributed by atoms with Gasteiger partial charge in [0.2, 0.25) is 0 Å². The van der Waals surface area contributed by atoms with E-state index in [-0.39, 0.29) is 6.54 Å². The van der Waals surface area contributed by atoms with E-state index >= 15 is 0 Å². The molecular formula is C20H29NO6. The molecule has 0 spiro atoms. The molecule has 0 heterocycles. The Morgan fingerprint density at radius 3 is 1.93 bits per heavy atom. The Labute approximate surface area is 160 Å². The zero-order valence-electron chi connectivity index (χ0n) is 16.9. The molecule has 1 aromatic rings.